The predicted octanol–water partition coefficient (Wildman–Crippen LogP) is 6.06. The van der Waals surface area contributed by atoms with E-state index < -0.39 is 0 Å². The quantitative estimate of drug-likeness (QED) is 0.407. The van der Waals surface area contributed by atoms with Crippen LogP contribution in [-0.4, -0.2) is 20.0 Å². The van der Waals surface area contributed by atoms with Gasteiger partial charge in [-0.3, -0.25) is 0 Å². The Labute approximate surface area is 135 Å². The molecule has 0 fully saturated rings. The van der Waals surface area contributed by atoms with Gasteiger partial charge in [-0.25, -0.2) is 12.8 Å². The summed E-state index contributed by atoms with van der Waals surface area (Å²) in [6, 6.07) is 0. The molecular weight excluding hydrogens is 287 g/mol. The summed E-state index contributed by atoms with van der Waals surface area (Å²) >= 11 is 0. The van der Waals surface area contributed by atoms with Crippen molar-refractivity contribution in [2.75, 3.05) is 20.0 Å². The molecule has 0 bridgehead atoms. The average molecular weight is 319 g/mol. The molecular formula is C17H32CrP. The van der Waals surface area contributed by atoms with Crippen molar-refractivity contribution >= 4 is 7.92 Å². The summed E-state index contributed by atoms with van der Waals surface area (Å²) in [5.41, 5.74) is 5.87. The Balaban J connectivity index is -0.000000242. The summed E-state index contributed by atoms with van der Waals surface area (Å²) in [5, 5.41) is 0. The van der Waals surface area contributed by atoms with Crippen LogP contribution in [0.2, 0.25) is 0 Å². The molecule has 0 atom stereocenters. The van der Waals surface area contributed by atoms with Crippen LogP contribution < -0.4 is 0 Å². The fourth-order valence-corrected chi connectivity index (χ4v) is 1.41. The summed E-state index contributed by atoms with van der Waals surface area (Å²) in [5.74, 6) is 1.47. The predicted molar refractivity (Wildman–Crippen MR) is 90.3 cm³/mol. The van der Waals surface area contributed by atoms with Crippen LogP contribution >= 0.6 is 7.92 Å². The minimum absolute atomic E-state index is 0. The standard InChI is InChI=1S/C10H15.C4H8.C3H9P.Cr/c1-6-7(2)9(4)10(5)8(6)3;1-3-4-2;1-4(2)3;/h1-5H3;1-4H2;1-3H3;/q;-2;;+2. The first-order chi connectivity index (χ1) is 8.20. The van der Waals surface area contributed by atoms with Gasteiger partial charge in [0.1, 0.15) is 0 Å². The minimum atomic E-state index is 0. The van der Waals surface area contributed by atoms with Crippen molar-refractivity contribution in [2.24, 2.45) is 0 Å². The van der Waals surface area contributed by atoms with Crippen molar-refractivity contribution in [1.29, 1.82) is 0 Å². The van der Waals surface area contributed by atoms with Gasteiger partial charge in [0.05, 0.1) is 0 Å². The fraction of sp³-hybridized carbons (Fsp3) is 0.588. The van der Waals surface area contributed by atoms with E-state index in [-0.39, 0.29) is 17.4 Å². The largest absolute Gasteiger partial charge is 2.00 e. The maximum absolute atomic E-state index is 3.54. The topological polar surface area (TPSA) is 0 Å². The van der Waals surface area contributed by atoms with Crippen LogP contribution in [0.4, 0.5) is 0 Å². The van der Waals surface area contributed by atoms with Crippen LogP contribution in [0.15, 0.2) is 22.3 Å². The third-order valence-electron chi connectivity index (χ3n) is 3.06. The monoisotopic (exact) mass is 319 g/mol. The maximum atomic E-state index is 3.54. The van der Waals surface area contributed by atoms with Gasteiger partial charge in [0, 0.05) is 5.92 Å². The third-order valence-corrected chi connectivity index (χ3v) is 3.06. The molecule has 0 aliphatic heterocycles. The Hall–Kier alpha value is 0.442. The fourth-order valence-electron chi connectivity index (χ4n) is 1.41. The molecule has 0 saturated heterocycles. The van der Waals surface area contributed by atoms with Crippen molar-refractivity contribution in [3.05, 3.63) is 42.1 Å². The maximum Gasteiger partial charge on any atom is 2.00 e. The molecule has 1 rings (SSSR count). The molecule has 111 valence electrons. The summed E-state index contributed by atoms with van der Waals surface area (Å²) in [6.07, 6.45) is 1.92. The van der Waals surface area contributed by atoms with Crippen LogP contribution in [0.25, 0.3) is 0 Å². The Kier molecular flexibility index (Phi) is 17.3. The van der Waals surface area contributed by atoms with Gasteiger partial charge in [-0.1, -0.05) is 18.1 Å². The van der Waals surface area contributed by atoms with Crippen LogP contribution in [0.3, 0.4) is 0 Å². The van der Waals surface area contributed by atoms with E-state index in [2.05, 4.69) is 68.5 Å². The number of allylic oxidation sites excluding steroid dienone is 4. The second kappa shape index (κ2) is 13.4. The van der Waals surface area contributed by atoms with Gasteiger partial charge in [0.2, 0.25) is 0 Å². The first-order valence-electron chi connectivity index (χ1n) is 6.59. The zero-order valence-electron chi connectivity index (χ0n) is 14.2. The number of rotatable bonds is 1. The molecule has 0 heterocycles. The molecule has 0 N–H and O–H groups in total. The zero-order valence-corrected chi connectivity index (χ0v) is 16.4. The van der Waals surface area contributed by atoms with Gasteiger partial charge in [-0.15, -0.1) is 7.92 Å². The Morgan fingerprint density at radius 2 is 0.895 bits per heavy atom. The van der Waals surface area contributed by atoms with E-state index in [0.29, 0.717) is 7.92 Å². The molecule has 0 nitrogen and oxygen atoms in total. The summed E-state index contributed by atoms with van der Waals surface area (Å²) in [7, 11) is 0.380. The first-order valence-corrected chi connectivity index (χ1v) is 9.27. The van der Waals surface area contributed by atoms with Crippen LogP contribution in [0.1, 0.15) is 47.5 Å². The van der Waals surface area contributed by atoms with Crippen molar-refractivity contribution < 1.29 is 17.4 Å². The molecule has 1 radical (unpaired) electrons. The van der Waals surface area contributed by atoms with Gasteiger partial charge in [0.25, 0.3) is 0 Å². The minimum Gasteiger partial charge on any atom is -0.346 e. The van der Waals surface area contributed by atoms with E-state index in [1.807, 2.05) is 0 Å². The second-order valence-corrected chi connectivity index (χ2v) is 7.86. The second-order valence-electron chi connectivity index (χ2n) is 5.17. The summed E-state index contributed by atoms with van der Waals surface area (Å²) in [4.78, 5) is 0. The average Bonchev–Trinajstić information content (AvgIpc) is 2.47. The van der Waals surface area contributed by atoms with E-state index in [4.69, 9.17) is 0 Å². The number of unbranched alkanes of at least 4 members (excludes halogenated alkanes) is 1. The van der Waals surface area contributed by atoms with Crippen LogP contribution in [0, 0.1) is 19.8 Å². The molecule has 0 saturated carbocycles. The van der Waals surface area contributed by atoms with Gasteiger partial charge in [-0.2, -0.15) is 0 Å². The molecule has 1 aliphatic carbocycles. The van der Waals surface area contributed by atoms with Crippen LogP contribution in [-0.2, 0) is 17.4 Å². The molecule has 0 unspecified atom stereocenters. The Morgan fingerprint density at radius 1 is 0.684 bits per heavy atom. The molecule has 1 aliphatic rings. The van der Waals surface area contributed by atoms with Crippen molar-refractivity contribution in [3.8, 4) is 0 Å². The molecule has 19 heavy (non-hydrogen) atoms. The normalized spacial score (nSPS) is 14.7. The molecule has 0 aromatic heterocycles. The van der Waals surface area contributed by atoms with E-state index in [0.717, 1.165) is 12.8 Å². The molecule has 0 amide bonds. The van der Waals surface area contributed by atoms with E-state index >= 15 is 0 Å². The van der Waals surface area contributed by atoms with Crippen LogP contribution in [0.5, 0.6) is 0 Å². The molecule has 0 spiro atoms. The van der Waals surface area contributed by atoms with E-state index in [9.17, 15) is 0 Å². The summed E-state index contributed by atoms with van der Waals surface area (Å²) in [6.45, 7) is 24.8. The van der Waals surface area contributed by atoms with E-state index in [1.165, 1.54) is 28.2 Å². The SMILES string of the molecule is CP(C)C.C[C]1C(C)=C(C)C(C)=C1C.[CH2-]CC[CH2-].[Cr+2]. The Bertz CT molecular complexity index is 259. The van der Waals surface area contributed by atoms with Crippen molar-refractivity contribution in [1.82, 2.24) is 0 Å². The number of hydrogen-bond acceptors (Lipinski definition) is 0. The van der Waals surface area contributed by atoms with Crippen molar-refractivity contribution in [2.45, 2.75) is 47.5 Å². The molecule has 2 heteroatoms. The van der Waals surface area contributed by atoms with Gasteiger partial charge in [0.15, 0.2) is 0 Å². The number of hydrogen-bond donors (Lipinski definition) is 0. The van der Waals surface area contributed by atoms with Gasteiger partial charge in [-0.05, 0) is 58.8 Å². The third kappa shape index (κ3) is 10.8. The van der Waals surface area contributed by atoms with E-state index in [1.54, 1.807) is 0 Å². The zero-order chi connectivity index (χ0) is 14.9. The molecule has 0 aromatic rings. The smallest absolute Gasteiger partial charge is 0.346 e. The van der Waals surface area contributed by atoms with Crippen molar-refractivity contribution in [3.63, 3.8) is 0 Å². The van der Waals surface area contributed by atoms with Gasteiger partial charge < -0.3 is 13.8 Å². The Morgan fingerprint density at radius 3 is 0.947 bits per heavy atom. The van der Waals surface area contributed by atoms with Gasteiger partial charge >= 0.3 is 17.4 Å². The first kappa shape index (κ1) is 24.5. The molecule has 0 aromatic carbocycles. The summed E-state index contributed by atoms with van der Waals surface area (Å²) < 4.78 is 0.